The Labute approximate surface area is 96.0 Å². The monoisotopic (exact) mass is 221 g/mol. The van der Waals surface area contributed by atoms with E-state index in [9.17, 15) is 4.79 Å². The van der Waals surface area contributed by atoms with Gasteiger partial charge in [-0.15, -0.1) is 0 Å². The van der Waals surface area contributed by atoms with Gasteiger partial charge < -0.3 is 11.5 Å². The summed E-state index contributed by atoms with van der Waals surface area (Å²) in [6, 6.07) is 3.51. The Balaban J connectivity index is 2.45. The maximum absolute atomic E-state index is 11.7. The first-order chi connectivity index (χ1) is 7.61. The van der Waals surface area contributed by atoms with Crippen molar-refractivity contribution >= 4 is 11.6 Å². The van der Waals surface area contributed by atoms with E-state index in [0.29, 0.717) is 18.7 Å². The van der Waals surface area contributed by atoms with Crippen molar-refractivity contribution in [1.82, 2.24) is 4.98 Å². The summed E-state index contributed by atoms with van der Waals surface area (Å²) in [5.41, 5.74) is 12.3. The number of anilines is 1. The van der Waals surface area contributed by atoms with Gasteiger partial charge in [0.05, 0.1) is 0 Å². The second-order valence-corrected chi connectivity index (χ2v) is 4.06. The molecule has 0 aliphatic carbocycles. The van der Waals surface area contributed by atoms with E-state index in [1.165, 1.54) is 0 Å². The number of aromatic nitrogens is 1. The van der Waals surface area contributed by atoms with E-state index < -0.39 is 0 Å². The molecule has 4 N–H and O–H groups in total. The first-order valence-electron chi connectivity index (χ1n) is 5.59. The number of nitrogens with two attached hydrogens (primary N) is 2. The molecule has 1 rings (SSSR count). The minimum absolute atomic E-state index is 0.0170. The molecule has 1 aromatic heterocycles. The smallest absolute Gasteiger partial charge is 0.138 e. The van der Waals surface area contributed by atoms with Gasteiger partial charge in [0, 0.05) is 25.1 Å². The van der Waals surface area contributed by atoms with Gasteiger partial charge in [0.25, 0.3) is 0 Å². The Morgan fingerprint density at radius 1 is 1.56 bits per heavy atom. The van der Waals surface area contributed by atoms with Gasteiger partial charge in [-0.1, -0.05) is 13.3 Å². The zero-order chi connectivity index (χ0) is 12.0. The molecule has 0 aliphatic heterocycles. The fourth-order valence-corrected chi connectivity index (χ4v) is 1.67. The molecule has 1 aromatic rings. The second kappa shape index (κ2) is 6.23. The highest BCUT2D eigenvalue weighted by Gasteiger charge is 2.09. The van der Waals surface area contributed by atoms with Crippen molar-refractivity contribution in [2.75, 3.05) is 5.73 Å². The molecular formula is C12H19N3O. The lowest BCUT2D eigenvalue weighted by molar-refractivity contribution is -0.118. The summed E-state index contributed by atoms with van der Waals surface area (Å²) in [7, 11) is 0. The van der Waals surface area contributed by atoms with Crippen LogP contribution in [0.2, 0.25) is 0 Å². The highest BCUT2D eigenvalue weighted by Crippen LogP contribution is 2.07. The molecule has 1 heterocycles. The summed E-state index contributed by atoms with van der Waals surface area (Å²) in [6.45, 7) is 2.06. The zero-order valence-corrected chi connectivity index (χ0v) is 9.65. The number of pyridine rings is 1. The Morgan fingerprint density at radius 2 is 2.31 bits per heavy atom. The normalized spacial score (nSPS) is 12.4. The van der Waals surface area contributed by atoms with Crippen LogP contribution in [0.4, 0.5) is 5.82 Å². The third-order valence-electron chi connectivity index (χ3n) is 2.40. The second-order valence-electron chi connectivity index (χ2n) is 4.06. The standard InChI is InChI=1S/C12H19N3O/c1-2-3-10(13)8-11(16)6-9-4-5-15-12(14)7-9/h4-5,7,10H,2-3,6,8,13H2,1H3,(H2,14,15). The lowest BCUT2D eigenvalue weighted by Gasteiger charge is -2.09. The summed E-state index contributed by atoms with van der Waals surface area (Å²) in [4.78, 5) is 15.5. The van der Waals surface area contributed by atoms with Crippen LogP contribution in [0.3, 0.4) is 0 Å². The van der Waals surface area contributed by atoms with Gasteiger partial charge in [-0.3, -0.25) is 4.79 Å². The van der Waals surface area contributed by atoms with E-state index in [0.717, 1.165) is 18.4 Å². The summed E-state index contributed by atoms with van der Waals surface area (Å²) in [5.74, 6) is 0.606. The highest BCUT2D eigenvalue weighted by molar-refractivity contribution is 5.81. The van der Waals surface area contributed by atoms with Gasteiger partial charge in [-0.25, -0.2) is 4.98 Å². The van der Waals surface area contributed by atoms with Crippen molar-refractivity contribution in [3.63, 3.8) is 0 Å². The first-order valence-corrected chi connectivity index (χ1v) is 5.59. The minimum Gasteiger partial charge on any atom is -0.384 e. The molecule has 1 unspecified atom stereocenters. The van der Waals surface area contributed by atoms with Crippen LogP contribution in [0.15, 0.2) is 18.3 Å². The number of Topliss-reactive ketones (excluding diaryl/α,β-unsaturated/α-hetero) is 1. The van der Waals surface area contributed by atoms with Crippen molar-refractivity contribution in [3.05, 3.63) is 23.9 Å². The van der Waals surface area contributed by atoms with E-state index in [-0.39, 0.29) is 11.8 Å². The molecule has 0 radical (unpaired) electrons. The number of rotatable bonds is 6. The highest BCUT2D eigenvalue weighted by atomic mass is 16.1. The van der Waals surface area contributed by atoms with Crippen molar-refractivity contribution in [3.8, 4) is 0 Å². The predicted molar refractivity (Wildman–Crippen MR) is 64.9 cm³/mol. The number of carbonyl (C=O) groups is 1. The number of nitrogen functional groups attached to an aromatic ring is 1. The Kier molecular flexibility index (Phi) is 4.92. The molecule has 1 atom stereocenters. The molecule has 0 amide bonds. The lowest BCUT2D eigenvalue weighted by Crippen LogP contribution is -2.24. The van der Waals surface area contributed by atoms with Crippen LogP contribution < -0.4 is 11.5 Å². The molecule has 88 valence electrons. The topological polar surface area (TPSA) is 82.0 Å². The number of carbonyl (C=O) groups excluding carboxylic acids is 1. The molecule has 0 aromatic carbocycles. The van der Waals surface area contributed by atoms with Crippen molar-refractivity contribution in [2.24, 2.45) is 5.73 Å². The van der Waals surface area contributed by atoms with Gasteiger partial charge in [0.15, 0.2) is 0 Å². The van der Waals surface area contributed by atoms with Crippen LogP contribution in [0, 0.1) is 0 Å². The Morgan fingerprint density at radius 3 is 2.94 bits per heavy atom. The van der Waals surface area contributed by atoms with Crippen molar-refractivity contribution < 1.29 is 4.79 Å². The van der Waals surface area contributed by atoms with E-state index >= 15 is 0 Å². The first kappa shape index (κ1) is 12.6. The number of hydrogen-bond acceptors (Lipinski definition) is 4. The van der Waals surface area contributed by atoms with Gasteiger partial charge >= 0.3 is 0 Å². The predicted octanol–water partition coefficient (Wildman–Crippen LogP) is 1.29. The molecule has 16 heavy (non-hydrogen) atoms. The average Bonchev–Trinajstić information content (AvgIpc) is 2.17. The van der Waals surface area contributed by atoms with E-state index in [4.69, 9.17) is 11.5 Å². The largest absolute Gasteiger partial charge is 0.384 e. The molecule has 0 aliphatic rings. The van der Waals surface area contributed by atoms with E-state index in [1.54, 1.807) is 18.3 Å². The summed E-state index contributed by atoms with van der Waals surface area (Å²) in [6.07, 6.45) is 4.35. The number of nitrogens with zero attached hydrogens (tertiary/aromatic N) is 1. The lowest BCUT2D eigenvalue weighted by atomic mass is 10.0. The Hall–Kier alpha value is -1.42. The zero-order valence-electron chi connectivity index (χ0n) is 9.65. The third kappa shape index (κ3) is 4.40. The van der Waals surface area contributed by atoms with Gasteiger partial charge in [-0.2, -0.15) is 0 Å². The van der Waals surface area contributed by atoms with Crippen molar-refractivity contribution in [1.29, 1.82) is 0 Å². The fourth-order valence-electron chi connectivity index (χ4n) is 1.67. The van der Waals surface area contributed by atoms with Crippen LogP contribution >= 0.6 is 0 Å². The van der Waals surface area contributed by atoms with Gasteiger partial charge in [0.1, 0.15) is 11.6 Å². The molecular weight excluding hydrogens is 202 g/mol. The molecule has 0 fully saturated rings. The molecule has 4 heteroatoms. The quantitative estimate of drug-likeness (QED) is 0.758. The summed E-state index contributed by atoms with van der Waals surface area (Å²) >= 11 is 0. The fraction of sp³-hybridized carbons (Fsp3) is 0.500. The molecule has 0 spiro atoms. The molecule has 0 saturated carbocycles. The van der Waals surface area contributed by atoms with Gasteiger partial charge in [-0.05, 0) is 24.1 Å². The molecule has 4 nitrogen and oxygen atoms in total. The SMILES string of the molecule is CCCC(N)CC(=O)Cc1ccnc(N)c1. The van der Waals surface area contributed by atoms with Crippen LogP contribution in [0.1, 0.15) is 31.7 Å². The van der Waals surface area contributed by atoms with Crippen LogP contribution in [-0.2, 0) is 11.2 Å². The van der Waals surface area contributed by atoms with Gasteiger partial charge in [0.2, 0.25) is 0 Å². The maximum Gasteiger partial charge on any atom is 0.138 e. The Bertz CT molecular complexity index is 352. The number of hydrogen-bond donors (Lipinski definition) is 2. The third-order valence-corrected chi connectivity index (χ3v) is 2.40. The van der Waals surface area contributed by atoms with E-state index in [2.05, 4.69) is 11.9 Å². The summed E-state index contributed by atoms with van der Waals surface area (Å²) < 4.78 is 0. The summed E-state index contributed by atoms with van der Waals surface area (Å²) in [5, 5.41) is 0. The van der Waals surface area contributed by atoms with Crippen molar-refractivity contribution in [2.45, 2.75) is 38.6 Å². The maximum atomic E-state index is 11.7. The number of ketones is 1. The molecule has 0 bridgehead atoms. The average molecular weight is 221 g/mol. The van der Waals surface area contributed by atoms with E-state index in [1.807, 2.05) is 0 Å². The van der Waals surface area contributed by atoms with Crippen LogP contribution in [0.25, 0.3) is 0 Å². The minimum atomic E-state index is -0.0170. The van der Waals surface area contributed by atoms with Crippen LogP contribution in [-0.4, -0.2) is 16.8 Å². The molecule has 0 saturated heterocycles. The van der Waals surface area contributed by atoms with Crippen LogP contribution in [0.5, 0.6) is 0 Å².